The summed E-state index contributed by atoms with van der Waals surface area (Å²) in [7, 11) is 0. The van der Waals surface area contributed by atoms with Crippen LogP contribution in [0.2, 0.25) is 0 Å². The van der Waals surface area contributed by atoms with Crippen molar-refractivity contribution in [2.24, 2.45) is 5.41 Å². The number of aliphatic hydroxyl groups is 1. The Kier molecular flexibility index (Phi) is 1.93. The molecular formula is C10H13BrO2. The van der Waals surface area contributed by atoms with Gasteiger partial charge in [-0.2, -0.15) is 0 Å². The molecule has 72 valence electrons. The quantitative estimate of drug-likeness (QED) is 0.710. The Bertz CT molecular complexity index is 297. The Hall–Kier alpha value is -0.150. The van der Waals surface area contributed by atoms with Crippen molar-refractivity contribution >= 4 is 21.7 Å². The first kappa shape index (κ1) is 9.41. The minimum absolute atomic E-state index is 0.214. The number of Topliss-reactive ketones (excluding diaryl/α,β-unsaturated/α-hetero) is 1. The Morgan fingerprint density at radius 1 is 1.46 bits per heavy atom. The zero-order chi connectivity index (χ0) is 9.69. The third kappa shape index (κ3) is 1.13. The second-order valence-electron chi connectivity index (χ2n) is 4.27. The molecule has 2 aliphatic rings. The van der Waals surface area contributed by atoms with Crippen LogP contribution in [-0.4, -0.2) is 16.5 Å². The predicted octanol–water partition coefficient (Wildman–Crippen LogP) is 2.16. The van der Waals surface area contributed by atoms with E-state index in [1.54, 1.807) is 0 Å². The average Bonchev–Trinajstić information content (AvgIpc) is 2.28. The third-order valence-electron chi connectivity index (χ3n) is 3.56. The topological polar surface area (TPSA) is 37.3 Å². The molecule has 0 heterocycles. The molecule has 0 spiro atoms. The van der Waals surface area contributed by atoms with Crippen LogP contribution in [0.1, 0.15) is 32.6 Å². The van der Waals surface area contributed by atoms with E-state index in [9.17, 15) is 9.90 Å². The zero-order valence-electron chi connectivity index (χ0n) is 7.64. The molecule has 0 aromatic heterocycles. The van der Waals surface area contributed by atoms with Gasteiger partial charge in [0.1, 0.15) is 5.78 Å². The Balaban J connectivity index is 2.46. The first-order valence-electron chi connectivity index (χ1n) is 4.61. The summed E-state index contributed by atoms with van der Waals surface area (Å²) in [6.07, 6.45) is 4.55. The van der Waals surface area contributed by atoms with Crippen LogP contribution in [0, 0.1) is 5.41 Å². The van der Waals surface area contributed by atoms with E-state index in [4.69, 9.17) is 0 Å². The maximum atomic E-state index is 11.6. The van der Waals surface area contributed by atoms with Crippen molar-refractivity contribution < 1.29 is 9.90 Å². The largest absolute Gasteiger partial charge is 0.385 e. The number of allylic oxidation sites excluding steroid dienone is 1. The van der Waals surface area contributed by atoms with Crippen LogP contribution in [0.25, 0.3) is 0 Å². The molecule has 0 amide bonds. The van der Waals surface area contributed by atoms with E-state index in [-0.39, 0.29) is 5.78 Å². The fourth-order valence-corrected chi connectivity index (χ4v) is 2.96. The van der Waals surface area contributed by atoms with E-state index in [1.165, 1.54) is 0 Å². The molecule has 2 aliphatic carbocycles. The number of hydrogen-bond acceptors (Lipinski definition) is 2. The van der Waals surface area contributed by atoms with E-state index in [2.05, 4.69) is 15.9 Å². The number of halogens is 1. The standard InChI is InChI=1S/C10H13BrO2/c1-9-4-2-7(11)6-10(9,13)5-3-8(9)12/h6,13H,2-5H2,1H3/t9-,10+/m0/s1. The molecule has 0 aromatic carbocycles. The number of rotatable bonds is 0. The van der Waals surface area contributed by atoms with Gasteiger partial charge in [0.15, 0.2) is 0 Å². The molecule has 0 radical (unpaired) electrons. The molecule has 0 aromatic rings. The molecule has 0 saturated heterocycles. The molecule has 0 bridgehead atoms. The fraction of sp³-hybridized carbons (Fsp3) is 0.700. The van der Waals surface area contributed by atoms with Gasteiger partial charge in [0, 0.05) is 6.42 Å². The molecule has 2 nitrogen and oxygen atoms in total. The average molecular weight is 245 g/mol. The Labute approximate surface area is 86.1 Å². The number of hydrogen-bond donors (Lipinski definition) is 1. The molecule has 1 N–H and O–H groups in total. The number of carbonyl (C=O) groups excluding carboxylic acids is 1. The number of fused-ring (bicyclic) bond motifs is 1. The summed E-state index contributed by atoms with van der Waals surface area (Å²) in [4.78, 5) is 11.6. The van der Waals surface area contributed by atoms with Gasteiger partial charge in [-0.1, -0.05) is 15.9 Å². The highest BCUT2D eigenvalue weighted by atomic mass is 79.9. The highest BCUT2D eigenvalue weighted by Gasteiger charge is 2.56. The third-order valence-corrected chi connectivity index (χ3v) is 4.19. The summed E-state index contributed by atoms with van der Waals surface area (Å²) >= 11 is 3.39. The lowest BCUT2D eigenvalue weighted by Gasteiger charge is -2.39. The summed E-state index contributed by atoms with van der Waals surface area (Å²) in [5.74, 6) is 0.214. The molecule has 2 rings (SSSR count). The summed E-state index contributed by atoms with van der Waals surface area (Å²) in [5, 5.41) is 10.3. The van der Waals surface area contributed by atoms with Crippen molar-refractivity contribution in [3.05, 3.63) is 10.6 Å². The van der Waals surface area contributed by atoms with Gasteiger partial charge in [-0.3, -0.25) is 4.79 Å². The lowest BCUT2D eigenvalue weighted by molar-refractivity contribution is -0.132. The van der Waals surface area contributed by atoms with Crippen LogP contribution in [0.5, 0.6) is 0 Å². The van der Waals surface area contributed by atoms with Gasteiger partial charge in [-0.15, -0.1) is 0 Å². The van der Waals surface area contributed by atoms with Crippen molar-refractivity contribution in [1.29, 1.82) is 0 Å². The van der Waals surface area contributed by atoms with Crippen molar-refractivity contribution in [3.8, 4) is 0 Å². The molecule has 2 atom stereocenters. The maximum absolute atomic E-state index is 11.6. The van der Waals surface area contributed by atoms with Gasteiger partial charge >= 0.3 is 0 Å². The van der Waals surface area contributed by atoms with Crippen LogP contribution in [0.15, 0.2) is 10.6 Å². The number of carbonyl (C=O) groups is 1. The smallest absolute Gasteiger partial charge is 0.142 e. The summed E-state index contributed by atoms with van der Waals surface area (Å²) in [6, 6.07) is 0. The highest BCUT2D eigenvalue weighted by molar-refractivity contribution is 9.11. The minimum Gasteiger partial charge on any atom is -0.385 e. The van der Waals surface area contributed by atoms with Gasteiger partial charge in [0.05, 0.1) is 11.0 Å². The van der Waals surface area contributed by atoms with Crippen molar-refractivity contribution in [2.75, 3.05) is 0 Å². The maximum Gasteiger partial charge on any atom is 0.142 e. The van der Waals surface area contributed by atoms with Gasteiger partial charge < -0.3 is 5.11 Å². The van der Waals surface area contributed by atoms with E-state index < -0.39 is 11.0 Å². The molecule has 1 saturated carbocycles. The van der Waals surface area contributed by atoms with Crippen molar-refractivity contribution in [2.45, 2.75) is 38.2 Å². The molecule has 0 aliphatic heterocycles. The summed E-state index contributed by atoms with van der Waals surface area (Å²) in [6.45, 7) is 1.89. The molecular weight excluding hydrogens is 232 g/mol. The first-order valence-corrected chi connectivity index (χ1v) is 5.40. The van der Waals surface area contributed by atoms with Crippen molar-refractivity contribution in [3.63, 3.8) is 0 Å². The lowest BCUT2D eigenvalue weighted by Crippen LogP contribution is -2.45. The fourth-order valence-electron chi connectivity index (χ4n) is 2.39. The van der Waals surface area contributed by atoms with Crippen LogP contribution in [0.4, 0.5) is 0 Å². The van der Waals surface area contributed by atoms with Crippen molar-refractivity contribution in [1.82, 2.24) is 0 Å². The molecule has 1 fully saturated rings. The molecule has 0 unspecified atom stereocenters. The summed E-state index contributed by atoms with van der Waals surface area (Å²) < 4.78 is 1.03. The van der Waals surface area contributed by atoms with E-state index >= 15 is 0 Å². The van der Waals surface area contributed by atoms with E-state index in [1.807, 2.05) is 13.0 Å². The molecule has 3 heteroatoms. The Morgan fingerprint density at radius 2 is 2.15 bits per heavy atom. The van der Waals surface area contributed by atoms with Crippen LogP contribution >= 0.6 is 15.9 Å². The SMILES string of the molecule is C[C@@]12CCC(Br)=C[C@]1(O)CCC2=O. The first-order chi connectivity index (χ1) is 5.98. The zero-order valence-corrected chi connectivity index (χ0v) is 9.23. The number of ketones is 1. The molecule has 13 heavy (non-hydrogen) atoms. The monoisotopic (exact) mass is 244 g/mol. The van der Waals surface area contributed by atoms with Crippen LogP contribution in [-0.2, 0) is 4.79 Å². The second-order valence-corrected chi connectivity index (χ2v) is 5.29. The van der Waals surface area contributed by atoms with E-state index in [0.29, 0.717) is 12.8 Å². The highest BCUT2D eigenvalue weighted by Crippen LogP contribution is 2.52. The van der Waals surface area contributed by atoms with Crippen LogP contribution in [0.3, 0.4) is 0 Å². The lowest BCUT2D eigenvalue weighted by atomic mass is 9.69. The predicted molar refractivity (Wildman–Crippen MR) is 53.5 cm³/mol. The van der Waals surface area contributed by atoms with Gasteiger partial charge in [0.2, 0.25) is 0 Å². The van der Waals surface area contributed by atoms with Gasteiger partial charge in [-0.05, 0) is 36.7 Å². The Morgan fingerprint density at radius 3 is 2.85 bits per heavy atom. The van der Waals surface area contributed by atoms with E-state index in [0.717, 1.165) is 17.3 Å². The van der Waals surface area contributed by atoms with Gasteiger partial charge in [0.25, 0.3) is 0 Å². The van der Waals surface area contributed by atoms with Gasteiger partial charge in [-0.25, -0.2) is 0 Å². The van der Waals surface area contributed by atoms with Crippen LogP contribution < -0.4 is 0 Å². The minimum atomic E-state index is -0.888. The second kappa shape index (κ2) is 2.67. The normalized spacial score (nSPS) is 44.5. The summed E-state index contributed by atoms with van der Waals surface area (Å²) in [5.41, 5.74) is -1.41.